The zero-order chi connectivity index (χ0) is 35.0. The van der Waals surface area contributed by atoms with Crippen LogP contribution in [0.5, 0.6) is 0 Å². The van der Waals surface area contributed by atoms with E-state index in [9.17, 15) is 23.4 Å². The van der Waals surface area contributed by atoms with Crippen LogP contribution in [0, 0.1) is 50.7 Å². The molecule has 2 N–H and O–H groups in total. The molecule has 2 spiro atoms. The van der Waals surface area contributed by atoms with Gasteiger partial charge < -0.3 is 29.2 Å². The fraction of sp³-hybridized carbons (Fsp3) is 0.973. The lowest BCUT2D eigenvalue weighted by Gasteiger charge is -2.64. The molecule has 11 heteroatoms. The van der Waals surface area contributed by atoms with Crippen molar-refractivity contribution in [2.75, 3.05) is 26.0 Å². The molecule has 274 valence electrons. The topological polar surface area (TPSA) is 132 Å². The number of morpholine rings is 1. The molecule has 48 heavy (non-hydrogen) atoms. The molecular weight excluding hydrogens is 634 g/mol. The average molecular weight is 696 g/mol. The molecule has 2 aliphatic heterocycles. The third kappa shape index (κ3) is 4.83. The summed E-state index contributed by atoms with van der Waals surface area (Å²) in [6.07, 6.45) is 6.62. The Hall–Kier alpha value is -0.820. The molecule has 0 radical (unpaired) electrons. The van der Waals surface area contributed by atoms with Crippen LogP contribution in [0.4, 0.5) is 0 Å². The third-order valence-electron chi connectivity index (χ3n) is 15.9. The molecule has 10 nitrogen and oxygen atoms in total. The van der Waals surface area contributed by atoms with Crippen molar-refractivity contribution in [1.82, 2.24) is 4.31 Å². The summed E-state index contributed by atoms with van der Waals surface area (Å²) in [7, 11) is -3.30. The average Bonchev–Trinajstić information content (AvgIpc) is 3.61. The molecule has 7 fully saturated rings. The van der Waals surface area contributed by atoms with E-state index in [-0.39, 0.29) is 57.7 Å². The number of rotatable bonds is 6. The monoisotopic (exact) mass is 695 g/mol. The van der Waals surface area contributed by atoms with Gasteiger partial charge in [0.2, 0.25) is 10.0 Å². The Kier molecular flexibility index (Phi) is 8.22. The van der Waals surface area contributed by atoms with Gasteiger partial charge in [-0.1, -0.05) is 34.6 Å². The lowest BCUT2D eigenvalue weighted by atomic mass is 9.41. The molecule has 2 heterocycles. The van der Waals surface area contributed by atoms with Gasteiger partial charge in [-0.15, -0.1) is 0 Å². The second-order valence-electron chi connectivity index (χ2n) is 18.8. The normalized spacial score (nSPS) is 50.6. The van der Waals surface area contributed by atoms with Crippen LogP contribution in [0.3, 0.4) is 0 Å². The summed E-state index contributed by atoms with van der Waals surface area (Å²) >= 11 is 0. The minimum atomic E-state index is -3.30. The van der Waals surface area contributed by atoms with Crippen LogP contribution >= 0.6 is 0 Å². The molecule has 14 atom stereocenters. The first-order chi connectivity index (χ1) is 22.1. The minimum absolute atomic E-state index is 0.0108. The zero-order valence-electron chi connectivity index (χ0n) is 30.7. The van der Waals surface area contributed by atoms with E-state index >= 15 is 0 Å². The number of sulfonamides is 1. The number of fused-ring (bicyclic) bond motifs is 4. The van der Waals surface area contributed by atoms with Gasteiger partial charge in [-0.25, -0.2) is 8.42 Å². The van der Waals surface area contributed by atoms with Crippen LogP contribution in [0.15, 0.2) is 0 Å². The number of carbonyl (C=O) groups is 1. The highest BCUT2D eigenvalue weighted by molar-refractivity contribution is 7.88. The lowest BCUT2D eigenvalue weighted by molar-refractivity contribution is -0.243. The Morgan fingerprint density at radius 1 is 1.04 bits per heavy atom. The van der Waals surface area contributed by atoms with Crippen LogP contribution in [0.25, 0.3) is 0 Å². The van der Waals surface area contributed by atoms with Crippen LogP contribution in [0.1, 0.15) is 107 Å². The summed E-state index contributed by atoms with van der Waals surface area (Å²) in [6, 6.07) is 0. The van der Waals surface area contributed by atoms with Crippen molar-refractivity contribution in [3.05, 3.63) is 0 Å². The van der Waals surface area contributed by atoms with Crippen molar-refractivity contribution >= 4 is 16.0 Å². The SMILES string of the molecule is CC(=O)O[C@@H](C1C[C@@H](C)C2C(O1)[C@H](O)[C@@]1(C)[C@@H]3CC[C@H]4C(C)(C)[C@@H](O[C@H]5CN(S(C)(=O)=O)CCO5)CC[C@@]45CC35CC[C@]21C)C(C)(C)O. The van der Waals surface area contributed by atoms with Crippen molar-refractivity contribution in [3.63, 3.8) is 0 Å². The van der Waals surface area contributed by atoms with E-state index in [2.05, 4.69) is 34.6 Å². The number of aliphatic hydroxyl groups excluding tert-OH is 1. The molecular formula is C37H61NO9S. The summed E-state index contributed by atoms with van der Waals surface area (Å²) in [6.45, 7) is 17.4. The first-order valence-electron chi connectivity index (χ1n) is 18.6. The number of hydrogen-bond donors (Lipinski definition) is 2. The molecule has 0 aromatic rings. The molecule has 5 saturated carbocycles. The molecule has 0 amide bonds. The maximum Gasteiger partial charge on any atom is 0.303 e. The van der Waals surface area contributed by atoms with Gasteiger partial charge in [0.05, 0.1) is 49.4 Å². The lowest BCUT2D eigenvalue weighted by Crippen LogP contribution is -2.60. The molecule has 4 unspecified atom stereocenters. The number of hydrogen-bond acceptors (Lipinski definition) is 9. The number of carbonyl (C=O) groups excluding carboxylic acids is 1. The quantitative estimate of drug-likeness (QED) is 0.386. The summed E-state index contributed by atoms with van der Waals surface area (Å²) in [5, 5.41) is 23.6. The Morgan fingerprint density at radius 2 is 1.71 bits per heavy atom. The first kappa shape index (κ1) is 35.6. The van der Waals surface area contributed by atoms with Crippen LogP contribution < -0.4 is 0 Å². The second kappa shape index (κ2) is 11.1. The highest BCUT2D eigenvalue weighted by atomic mass is 32.2. The van der Waals surface area contributed by atoms with Crippen molar-refractivity contribution in [3.8, 4) is 0 Å². The van der Waals surface area contributed by atoms with Gasteiger partial charge in [-0.3, -0.25) is 4.79 Å². The molecule has 0 aromatic heterocycles. The number of aliphatic hydroxyl groups is 2. The Bertz CT molecular complexity index is 1410. The van der Waals surface area contributed by atoms with Crippen LogP contribution in [0.2, 0.25) is 0 Å². The van der Waals surface area contributed by atoms with Crippen molar-refractivity contribution in [2.24, 2.45) is 50.7 Å². The van der Waals surface area contributed by atoms with Gasteiger partial charge >= 0.3 is 5.97 Å². The van der Waals surface area contributed by atoms with Crippen molar-refractivity contribution < 1.29 is 42.4 Å². The van der Waals surface area contributed by atoms with E-state index in [1.54, 1.807) is 13.8 Å². The minimum Gasteiger partial charge on any atom is -0.457 e. The Morgan fingerprint density at radius 3 is 2.35 bits per heavy atom. The van der Waals surface area contributed by atoms with Gasteiger partial charge in [0, 0.05) is 18.9 Å². The van der Waals surface area contributed by atoms with E-state index in [0.717, 1.165) is 32.1 Å². The smallest absolute Gasteiger partial charge is 0.303 e. The van der Waals surface area contributed by atoms with E-state index in [1.807, 2.05) is 0 Å². The molecule has 7 rings (SSSR count). The summed E-state index contributed by atoms with van der Waals surface area (Å²) < 4.78 is 51.1. The van der Waals surface area contributed by atoms with Crippen molar-refractivity contribution in [1.29, 1.82) is 0 Å². The van der Waals surface area contributed by atoms with E-state index in [0.29, 0.717) is 31.4 Å². The first-order valence-corrected chi connectivity index (χ1v) is 20.4. The maximum atomic E-state index is 12.5. The zero-order valence-corrected chi connectivity index (χ0v) is 31.5. The molecule has 0 bridgehead atoms. The van der Waals surface area contributed by atoms with E-state index in [1.165, 1.54) is 30.3 Å². The van der Waals surface area contributed by atoms with Crippen molar-refractivity contribution in [2.45, 2.75) is 149 Å². The standard InChI is InChI=1S/C37H61NO9S/c1-21-18-23(31(33(5,6)41)45-22(2)39)46-29-28(21)34(7)14-15-37-20-36(37)13-12-26(47-27-19-38(16-17-44-27)48(9,42)43)32(3,4)24(36)10-11-25(37)35(34,8)30(29)40/h21,23-31,40-41H,10-20H2,1-9H3/t21-,23?,24+,25+,26+,27+,28?,29?,30+,31+,34-,35-,36-,37?/m1/s1. The third-order valence-corrected chi connectivity index (χ3v) is 17.1. The van der Waals surface area contributed by atoms with Gasteiger partial charge in [0.1, 0.15) is 0 Å². The predicted octanol–water partition coefficient (Wildman–Crippen LogP) is 4.51. The maximum absolute atomic E-state index is 12.5. The highest BCUT2D eigenvalue weighted by Gasteiger charge is 2.84. The fourth-order valence-corrected chi connectivity index (χ4v) is 14.6. The predicted molar refractivity (Wildman–Crippen MR) is 179 cm³/mol. The fourth-order valence-electron chi connectivity index (χ4n) is 13.8. The van der Waals surface area contributed by atoms with Crippen LogP contribution in [-0.2, 0) is 33.8 Å². The largest absolute Gasteiger partial charge is 0.457 e. The van der Waals surface area contributed by atoms with E-state index < -0.39 is 46.2 Å². The molecule has 0 aromatic carbocycles. The Labute approximate surface area is 288 Å². The highest BCUT2D eigenvalue weighted by Crippen LogP contribution is 2.89. The van der Waals surface area contributed by atoms with Gasteiger partial charge in [0.15, 0.2) is 12.4 Å². The second-order valence-corrected chi connectivity index (χ2v) is 20.8. The van der Waals surface area contributed by atoms with Crippen LogP contribution in [-0.4, -0.2) is 97.3 Å². The number of ether oxygens (including phenoxy) is 4. The molecule has 2 saturated heterocycles. The van der Waals surface area contributed by atoms with Gasteiger partial charge in [0.25, 0.3) is 0 Å². The summed E-state index contributed by atoms with van der Waals surface area (Å²) in [5.74, 6) is 0.844. The summed E-state index contributed by atoms with van der Waals surface area (Å²) in [5.41, 5.74) is -1.39. The Balaban J connectivity index is 1.13. The van der Waals surface area contributed by atoms with Gasteiger partial charge in [-0.2, -0.15) is 4.31 Å². The molecule has 5 aliphatic carbocycles. The summed E-state index contributed by atoms with van der Waals surface area (Å²) in [4.78, 5) is 12.1. The van der Waals surface area contributed by atoms with E-state index in [4.69, 9.17) is 18.9 Å². The number of nitrogens with zero attached hydrogens (tertiary/aromatic N) is 1. The number of esters is 1. The molecule has 7 aliphatic rings. The van der Waals surface area contributed by atoms with Gasteiger partial charge in [-0.05, 0) is 111 Å².